The summed E-state index contributed by atoms with van der Waals surface area (Å²) in [6, 6.07) is -0.651. The molecule has 20 heavy (non-hydrogen) atoms. The Balaban J connectivity index is 1.92. The molecule has 2 aliphatic rings. The average molecular weight is 281 g/mol. The van der Waals surface area contributed by atoms with Crippen LogP contribution in [-0.2, 0) is 14.4 Å². The van der Waals surface area contributed by atoms with Gasteiger partial charge in [0.1, 0.15) is 12.3 Å². The van der Waals surface area contributed by atoms with Crippen molar-refractivity contribution in [2.45, 2.75) is 51.4 Å². The molecule has 1 aliphatic carbocycles. The molecular weight excluding hydrogens is 262 g/mol. The van der Waals surface area contributed by atoms with Crippen LogP contribution in [0.4, 0.5) is 0 Å². The molecule has 0 radical (unpaired) electrons. The lowest BCUT2D eigenvalue weighted by Crippen LogP contribution is -2.54. The number of carbonyl (C=O) groups is 3. The van der Waals surface area contributed by atoms with Gasteiger partial charge in [-0.15, -0.1) is 0 Å². The van der Waals surface area contributed by atoms with Crippen molar-refractivity contribution in [1.82, 2.24) is 16.0 Å². The van der Waals surface area contributed by atoms with Crippen LogP contribution in [0.1, 0.15) is 33.1 Å². The lowest BCUT2D eigenvalue weighted by Gasteiger charge is -2.33. The van der Waals surface area contributed by atoms with Crippen LogP contribution in [0.2, 0.25) is 0 Å². The zero-order chi connectivity index (χ0) is 14.9. The fraction of sp³-hybridized carbons (Fsp3) is 0.615. The van der Waals surface area contributed by atoms with Gasteiger partial charge in [-0.2, -0.15) is 0 Å². The smallest absolute Gasteiger partial charge is 0.249 e. The number of rotatable bonds is 4. The summed E-state index contributed by atoms with van der Waals surface area (Å²) < 4.78 is 0. The van der Waals surface area contributed by atoms with Crippen LogP contribution in [-0.4, -0.2) is 41.1 Å². The molecular formula is C13H19N3O4. The van der Waals surface area contributed by atoms with Gasteiger partial charge in [0.05, 0.1) is 0 Å². The van der Waals surface area contributed by atoms with Crippen molar-refractivity contribution in [3.05, 3.63) is 11.1 Å². The van der Waals surface area contributed by atoms with E-state index < -0.39 is 18.2 Å². The van der Waals surface area contributed by atoms with Crippen molar-refractivity contribution in [2.75, 3.05) is 0 Å². The van der Waals surface area contributed by atoms with E-state index in [4.69, 9.17) is 0 Å². The Morgan fingerprint density at radius 2 is 2.10 bits per heavy atom. The highest BCUT2D eigenvalue weighted by molar-refractivity contribution is 6.04. The van der Waals surface area contributed by atoms with Gasteiger partial charge < -0.3 is 10.4 Å². The van der Waals surface area contributed by atoms with Crippen LogP contribution in [0.3, 0.4) is 0 Å². The first-order valence-corrected chi connectivity index (χ1v) is 6.66. The van der Waals surface area contributed by atoms with Crippen LogP contribution < -0.4 is 16.0 Å². The Morgan fingerprint density at radius 3 is 2.65 bits per heavy atom. The third-order valence-corrected chi connectivity index (χ3v) is 3.67. The van der Waals surface area contributed by atoms with Crippen LogP contribution in [0.25, 0.3) is 0 Å². The van der Waals surface area contributed by atoms with Crippen molar-refractivity contribution < 1.29 is 19.5 Å². The van der Waals surface area contributed by atoms with Crippen molar-refractivity contribution in [3.8, 4) is 0 Å². The van der Waals surface area contributed by atoms with E-state index >= 15 is 0 Å². The number of hydrogen-bond donors (Lipinski definition) is 4. The largest absolute Gasteiger partial charge is 0.379 e. The van der Waals surface area contributed by atoms with E-state index in [0.717, 1.165) is 5.57 Å². The molecule has 2 unspecified atom stereocenters. The van der Waals surface area contributed by atoms with Crippen LogP contribution in [0.15, 0.2) is 11.1 Å². The fourth-order valence-electron chi connectivity index (χ4n) is 2.42. The number of aliphatic hydroxyl groups is 1. The molecule has 3 amide bonds. The summed E-state index contributed by atoms with van der Waals surface area (Å²) >= 11 is 0. The normalized spacial score (nSPS) is 27.8. The van der Waals surface area contributed by atoms with Gasteiger partial charge >= 0.3 is 0 Å². The van der Waals surface area contributed by atoms with Crippen LogP contribution in [0.5, 0.6) is 0 Å². The van der Waals surface area contributed by atoms with E-state index in [2.05, 4.69) is 16.0 Å². The lowest BCUT2D eigenvalue weighted by molar-refractivity contribution is -0.136. The molecule has 0 spiro atoms. The Morgan fingerprint density at radius 1 is 1.40 bits per heavy atom. The molecule has 0 saturated carbocycles. The summed E-state index contributed by atoms with van der Waals surface area (Å²) in [6.07, 6.45) is 0.462. The highest BCUT2D eigenvalue weighted by Gasteiger charge is 2.34. The number of nitrogens with one attached hydrogen (secondary N) is 3. The van der Waals surface area contributed by atoms with E-state index in [1.54, 1.807) is 6.92 Å². The minimum absolute atomic E-state index is 0.00231. The monoisotopic (exact) mass is 281 g/mol. The summed E-state index contributed by atoms with van der Waals surface area (Å²) in [7, 11) is 0. The number of aliphatic hydroxyl groups excluding tert-OH is 1. The molecule has 7 heteroatoms. The Hall–Kier alpha value is -1.73. The van der Waals surface area contributed by atoms with E-state index in [9.17, 15) is 19.5 Å². The van der Waals surface area contributed by atoms with Crippen LogP contribution >= 0.6 is 0 Å². The summed E-state index contributed by atoms with van der Waals surface area (Å²) in [5.74, 6) is -1.03. The third-order valence-electron chi connectivity index (χ3n) is 3.67. The molecule has 1 fully saturated rings. The summed E-state index contributed by atoms with van der Waals surface area (Å²) in [5, 5.41) is 17.0. The highest BCUT2D eigenvalue weighted by atomic mass is 16.3. The van der Waals surface area contributed by atoms with E-state index in [-0.39, 0.29) is 24.3 Å². The number of carbonyl (C=O) groups excluding carboxylic acids is 3. The summed E-state index contributed by atoms with van der Waals surface area (Å²) in [6.45, 7) is 3.44. The zero-order valence-electron chi connectivity index (χ0n) is 11.5. The minimum Gasteiger partial charge on any atom is -0.379 e. The molecule has 0 aromatic carbocycles. The SMILES string of the molecule is CC1=C(C(=O)NC2CCC(=O)NC2=O)C[C@@H]1NC(C)O. The maximum absolute atomic E-state index is 12.0. The van der Waals surface area contributed by atoms with Crippen molar-refractivity contribution >= 4 is 17.7 Å². The third kappa shape index (κ3) is 3.05. The van der Waals surface area contributed by atoms with Gasteiger partial charge in [-0.25, -0.2) is 0 Å². The van der Waals surface area contributed by atoms with Crippen molar-refractivity contribution in [1.29, 1.82) is 0 Å². The maximum Gasteiger partial charge on any atom is 0.249 e. The molecule has 2 rings (SSSR count). The summed E-state index contributed by atoms with van der Waals surface area (Å²) in [5.41, 5.74) is 1.50. The molecule has 4 N–H and O–H groups in total. The molecule has 0 bridgehead atoms. The van der Waals surface area contributed by atoms with Gasteiger partial charge in [0, 0.05) is 18.0 Å². The molecule has 110 valence electrons. The highest BCUT2D eigenvalue weighted by Crippen LogP contribution is 2.28. The fourth-order valence-corrected chi connectivity index (χ4v) is 2.42. The van der Waals surface area contributed by atoms with Gasteiger partial charge in [0.2, 0.25) is 17.7 Å². The average Bonchev–Trinajstić information content (AvgIpc) is 2.36. The number of imide groups is 1. The molecule has 3 atom stereocenters. The Labute approximate surface area is 116 Å². The van der Waals surface area contributed by atoms with Crippen molar-refractivity contribution in [3.63, 3.8) is 0 Å². The second-order valence-corrected chi connectivity index (χ2v) is 5.24. The second kappa shape index (κ2) is 5.72. The zero-order valence-corrected chi connectivity index (χ0v) is 11.5. The number of amides is 3. The van der Waals surface area contributed by atoms with Gasteiger partial charge in [-0.1, -0.05) is 0 Å². The molecule has 7 nitrogen and oxygen atoms in total. The topological polar surface area (TPSA) is 108 Å². The Kier molecular flexibility index (Phi) is 4.20. The first kappa shape index (κ1) is 14.7. The predicted molar refractivity (Wildman–Crippen MR) is 70.2 cm³/mol. The first-order chi connectivity index (χ1) is 9.38. The molecule has 1 heterocycles. The quantitative estimate of drug-likeness (QED) is 0.387. The molecule has 1 aliphatic heterocycles. The van der Waals surface area contributed by atoms with E-state index in [1.165, 1.54) is 0 Å². The van der Waals surface area contributed by atoms with Crippen molar-refractivity contribution in [2.24, 2.45) is 0 Å². The lowest BCUT2D eigenvalue weighted by atomic mass is 9.83. The van der Waals surface area contributed by atoms with Gasteiger partial charge in [-0.05, 0) is 32.3 Å². The first-order valence-electron chi connectivity index (χ1n) is 6.66. The number of piperidine rings is 1. The predicted octanol–water partition coefficient (Wildman–Crippen LogP) is -1.08. The minimum atomic E-state index is -0.649. The maximum atomic E-state index is 12.0. The molecule has 0 aromatic heterocycles. The van der Waals surface area contributed by atoms with Crippen LogP contribution in [0, 0.1) is 0 Å². The van der Waals surface area contributed by atoms with Gasteiger partial charge in [0.25, 0.3) is 0 Å². The number of hydrogen-bond acceptors (Lipinski definition) is 5. The molecule has 1 saturated heterocycles. The van der Waals surface area contributed by atoms with Gasteiger partial charge in [-0.3, -0.25) is 25.0 Å². The summed E-state index contributed by atoms with van der Waals surface area (Å²) in [4.78, 5) is 34.6. The standard InChI is InChI=1S/C13H19N3O4/c1-6-8(5-10(6)14-7(2)17)12(19)15-9-3-4-11(18)16-13(9)20/h7,9-10,14,17H,3-5H2,1-2H3,(H,15,19)(H,16,18,20)/t7?,9?,10-/m0/s1. The van der Waals surface area contributed by atoms with E-state index in [0.29, 0.717) is 18.4 Å². The molecule has 0 aromatic rings. The Bertz CT molecular complexity index is 484. The van der Waals surface area contributed by atoms with Gasteiger partial charge in [0.15, 0.2) is 0 Å². The second-order valence-electron chi connectivity index (χ2n) is 5.24. The van der Waals surface area contributed by atoms with E-state index in [1.807, 2.05) is 6.92 Å².